The predicted molar refractivity (Wildman–Crippen MR) is 33.3 cm³/mol. The van der Waals surface area contributed by atoms with Crippen molar-refractivity contribution in [1.29, 1.82) is 0 Å². The molecule has 0 saturated carbocycles. The van der Waals surface area contributed by atoms with Gasteiger partial charge in [-0.1, -0.05) is 0 Å². The van der Waals surface area contributed by atoms with Crippen LogP contribution in [0.3, 0.4) is 0 Å². The first-order valence-electron chi connectivity index (χ1n) is 2.62. The van der Waals surface area contributed by atoms with Crippen molar-refractivity contribution in [3.05, 3.63) is 24.3 Å². The van der Waals surface area contributed by atoms with E-state index in [1.54, 1.807) is 10.8 Å². The molecule has 1 aromatic rings. The van der Waals surface area contributed by atoms with Crippen LogP contribution in [0, 0.1) is 12.3 Å². The van der Waals surface area contributed by atoms with Gasteiger partial charge >= 0.3 is 5.82 Å². The molecular formula is C7H7N2+. The third-order valence-corrected chi connectivity index (χ3v) is 1.06. The molecule has 44 valence electrons. The summed E-state index contributed by atoms with van der Waals surface area (Å²) in [5, 5.41) is 0. The quantitative estimate of drug-likeness (QED) is 0.344. The molecule has 0 aliphatic rings. The van der Waals surface area contributed by atoms with Gasteiger partial charge in [-0.25, -0.2) is 4.57 Å². The molecule has 0 fully saturated rings. The Morgan fingerprint density at radius 1 is 1.78 bits per heavy atom. The molecule has 0 N–H and O–H groups in total. The summed E-state index contributed by atoms with van der Waals surface area (Å²) >= 11 is 0. The largest absolute Gasteiger partial charge is 0.375 e. The van der Waals surface area contributed by atoms with E-state index in [1.165, 1.54) is 0 Å². The highest BCUT2D eigenvalue weighted by atomic mass is 15.0. The minimum absolute atomic E-state index is 0.650. The van der Waals surface area contributed by atoms with Gasteiger partial charge in [0.2, 0.25) is 0 Å². The van der Waals surface area contributed by atoms with Crippen LogP contribution >= 0.6 is 0 Å². The topological polar surface area (TPSA) is 16.8 Å². The van der Waals surface area contributed by atoms with Crippen LogP contribution in [0.2, 0.25) is 0 Å². The van der Waals surface area contributed by atoms with E-state index in [4.69, 9.17) is 6.42 Å². The highest BCUT2D eigenvalue weighted by Gasteiger charge is 1.99. The molecule has 0 atom stereocenters. The van der Waals surface area contributed by atoms with Crippen LogP contribution in [0.15, 0.2) is 18.5 Å². The van der Waals surface area contributed by atoms with Gasteiger partial charge in [0.15, 0.2) is 0 Å². The Kier molecular flexibility index (Phi) is 1.46. The van der Waals surface area contributed by atoms with Gasteiger partial charge in [-0.05, 0) is 4.98 Å². The number of terminal acetylenes is 1. The van der Waals surface area contributed by atoms with E-state index in [9.17, 15) is 0 Å². The lowest BCUT2D eigenvalue weighted by Crippen LogP contribution is -2.32. The van der Waals surface area contributed by atoms with Gasteiger partial charge in [-0.2, -0.15) is 0 Å². The average Bonchev–Trinajstić information content (AvgIpc) is 1.89. The number of aryl methyl sites for hydroxylation is 1. The molecule has 0 saturated heterocycles. The van der Waals surface area contributed by atoms with Gasteiger partial charge in [-0.15, -0.1) is 6.42 Å². The molecule has 1 heterocycles. The zero-order chi connectivity index (χ0) is 6.69. The fraction of sp³-hybridized carbons (Fsp3) is 0.143. The lowest BCUT2D eigenvalue weighted by atomic mass is 10.5. The van der Waals surface area contributed by atoms with E-state index in [0.29, 0.717) is 5.82 Å². The Morgan fingerprint density at radius 2 is 2.56 bits per heavy atom. The van der Waals surface area contributed by atoms with Gasteiger partial charge in [0, 0.05) is 12.0 Å². The fourth-order valence-electron chi connectivity index (χ4n) is 0.582. The standard InChI is InChI=1S/C7H7N2/c1-3-7-8-5-4-6-9(7)2/h1,4-6H,2H3/q+1. The monoisotopic (exact) mass is 119 g/mol. The molecule has 0 aromatic carbocycles. The molecule has 0 aliphatic heterocycles. The van der Waals surface area contributed by atoms with Crippen LogP contribution in [0.1, 0.15) is 5.82 Å². The Hall–Kier alpha value is -1.36. The Balaban J connectivity index is 3.20. The summed E-state index contributed by atoms with van der Waals surface area (Å²) in [4.78, 5) is 3.92. The van der Waals surface area contributed by atoms with Crippen molar-refractivity contribution in [3.8, 4) is 12.3 Å². The molecule has 0 bridgehead atoms. The second kappa shape index (κ2) is 2.27. The van der Waals surface area contributed by atoms with Crippen molar-refractivity contribution in [2.45, 2.75) is 0 Å². The van der Waals surface area contributed by atoms with Crippen LogP contribution in [-0.4, -0.2) is 4.98 Å². The van der Waals surface area contributed by atoms with Gasteiger partial charge in [0.1, 0.15) is 6.20 Å². The Morgan fingerprint density at radius 3 is 3.00 bits per heavy atom. The van der Waals surface area contributed by atoms with Crippen molar-refractivity contribution in [1.82, 2.24) is 4.98 Å². The van der Waals surface area contributed by atoms with Crippen LogP contribution in [-0.2, 0) is 7.05 Å². The highest BCUT2D eigenvalue weighted by Crippen LogP contribution is 1.77. The predicted octanol–water partition coefficient (Wildman–Crippen LogP) is -0.113. The third kappa shape index (κ3) is 1.06. The zero-order valence-electron chi connectivity index (χ0n) is 5.20. The lowest BCUT2D eigenvalue weighted by molar-refractivity contribution is -0.677. The van der Waals surface area contributed by atoms with Crippen molar-refractivity contribution in [2.24, 2.45) is 7.05 Å². The summed E-state index contributed by atoms with van der Waals surface area (Å²) in [7, 11) is 1.86. The summed E-state index contributed by atoms with van der Waals surface area (Å²) in [5.74, 6) is 3.10. The van der Waals surface area contributed by atoms with Crippen LogP contribution in [0.5, 0.6) is 0 Å². The van der Waals surface area contributed by atoms with Gasteiger partial charge in [0.25, 0.3) is 0 Å². The van der Waals surface area contributed by atoms with E-state index >= 15 is 0 Å². The molecule has 9 heavy (non-hydrogen) atoms. The van der Waals surface area contributed by atoms with Crippen LogP contribution in [0.4, 0.5) is 0 Å². The SMILES string of the molecule is C#Cc1nccc[n+]1C. The van der Waals surface area contributed by atoms with Gasteiger partial charge in [0.05, 0.1) is 13.2 Å². The summed E-state index contributed by atoms with van der Waals surface area (Å²) in [6.45, 7) is 0. The van der Waals surface area contributed by atoms with E-state index in [1.807, 2.05) is 19.3 Å². The van der Waals surface area contributed by atoms with E-state index in [-0.39, 0.29) is 0 Å². The molecule has 0 amide bonds. The number of nitrogens with zero attached hydrogens (tertiary/aromatic N) is 2. The van der Waals surface area contributed by atoms with Crippen molar-refractivity contribution < 1.29 is 4.57 Å². The molecule has 0 radical (unpaired) electrons. The molecule has 2 nitrogen and oxygen atoms in total. The minimum atomic E-state index is 0.650. The maximum Gasteiger partial charge on any atom is 0.375 e. The van der Waals surface area contributed by atoms with E-state index in [2.05, 4.69) is 10.9 Å². The number of hydrogen-bond acceptors (Lipinski definition) is 1. The number of hydrogen-bond donors (Lipinski definition) is 0. The summed E-state index contributed by atoms with van der Waals surface area (Å²) in [6, 6.07) is 1.83. The second-order valence-electron chi connectivity index (χ2n) is 1.70. The first-order chi connectivity index (χ1) is 4.34. The van der Waals surface area contributed by atoms with Crippen LogP contribution in [0.25, 0.3) is 0 Å². The van der Waals surface area contributed by atoms with E-state index < -0.39 is 0 Å². The first-order valence-corrected chi connectivity index (χ1v) is 2.62. The average molecular weight is 119 g/mol. The second-order valence-corrected chi connectivity index (χ2v) is 1.70. The maximum absolute atomic E-state index is 5.12. The minimum Gasteiger partial charge on any atom is -0.226 e. The highest BCUT2D eigenvalue weighted by molar-refractivity contribution is 5.08. The first kappa shape index (κ1) is 5.77. The molecule has 0 unspecified atom stereocenters. The molecule has 0 spiro atoms. The lowest BCUT2D eigenvalue weighted by Gasteiger charge is -1.85. The molecule has 1 aromatic heterocycles. The molecule has 1 rings (SSSR count). The smallest absolute Gasteiger partial charge is 0.226 e. The molecular weight excluding hydrogens is 112 g/mol. The number of aromatic nitrogens is 2. The maximum atomic E-state index is 5.12. The summed E-state index contributed by atoms with van der Waals surface area (Å²) in [6.07, 6.45) is 8.66. The zero-order valence-corrected chi connectivity index (χ0v) is 5.20. The third-order valence-electron chi connectivity index (χ3n) is 1.06. The fourth-order valence-corrected chi connectivity index (χ4v) is 0.582. The summed E-state index contributed by atoms with van der Waals surface area (Å²) < 4.78 is 1.79. The Labute approximate surface area is 54.2 Å². The summed E-state index contributed by atoms with van der Waals surface area (Å²) in [5.41, 5.74) is 0. The van der Waals surface area contributed by atoms with Crippen LogP contribution < -0.4 is 4.57 Å². The number of rotatable bonds is 0. The van der Waals surface area contributed by atoms with Crippen molar-refractivity contribution in [3.63, 3.8) is 0 Å². The molecule has 2 heteroatoms. The van der Waals surface area contributed by atoms with E-state index in [0.717, 1.165) is 0 Å². The van der Waals surface area contributed by atoms with Crippen molar-refractivity contribution in [2.75, 3.05) is 0 Å². The molecule has 0 aliphatic carbocycles. The van der Waals surface area contributed by atoms with Gasteiger partial charge < -0.3 is 0 Å². The van der Waals surface area contributed by atoms with Crippen molar-refractivity contribution >= 4 is 0 Å². The normalized spacial score (nSPS) is 8.44. The Bertz CT molecular complexity index is 247. The van der Waals surface area contributed by atoms with Gasteiger partial charge in [-0.3, -0.25) is 0 Å².